The molecule has 0 saturated carbocycles. The molecule has 22 heavy (non-hydrogen) atoms. The third-order valence-corrected chi connectivity index (χ3v) is 3.18. The SMILES string of the molecule is Cc1cccc(NC(=O)Nc2cc(-c3ccccc3)[nH]n2)c1. The lowest BCUT2D eigenvalue weighted by molar-refractivity contribution is 0.262. The van der Waals surface area contributed by atoms with Gasteiger partial charge in [-0.2, -0.15) is 5.10 Å². The quantitative estimate of drug-likeness (QED) is 0.682. The summed E-state index contributed by atoms with van der Waals surface area (Å²) in [5.74, 6) is 0.476. The van der Waals surface area contributed by atoms with Crippen LogP contribution in [0.2, 0.25) is 0 Å². The molecule has 3 rings (SSSR count). The number of carbonyl (C=O) groups excluding carboxylic acids is 1. The zero-order valence-corrected chi connectivity index (χ0v) is 12.1. The maximum absolute atomic E-state index is 12.0. The number of hydrogen-bond acceptors (Lipinski definition) is 2. The number of aromatic nitrogens is 2. The number of amides is 2. The Kier molecular flexibility index (Phi) is 3.87. The molecular weight excluding hydrogens is 276 g/mol. The van der Waals surface area contributed by atoms with Crippen LogP contribution in [0.4, 0.5) is 16.3 Å². The largest absolute Gasteiger partial charge is 0.324 e. The number of aryl methyl sites for hydroxylation is 1. The number of rotatable bonds is 3. The lowest BCUT2D eigenvalue weighted by Crippen LogP contribution is -2.19. The molecule has 2 aromatic carbocycles. The van der Waals surface area contributed by atoms with E-state index in [4.69, 9.17) is 0 Å². The van der Waals surface area contributed by atoms with Gasteiger partial charge in [0.05, 0.1) is 5.69 Å². The van der Waals surface area contributed by atoms with Gasteiger partial charge in [0.1, 0.15) is 0 Å². The highest BCUT2D eigenvalue weighted by molar-refractivity contribution is 5.99. The molecule has 1 heterocycles. The summed E-state index contributed by atoms with van der Waals surface area (Å²) in [6, 6.07) is 18.9. The molecule has 5 nitrogen and oxygen atoms in total. The van der Waals surface area contributed by atoms with E-state index in [1.807, 2.05) is 61.5 Å². The number of urea groups is 1. The van der Waals surface area contributed by atoms with Crippen molar-refractivity contribution in [2.75, 3.05) is 10.6 Å². The first kappa shape index (κ1) is 13.9. The summed E-state index contributed by atoms with van der Waals surface area (Å²) >= 11 is 0. The smallest absolute Gasteiger partial charge is 0.308 e. The Bertz CT molecular complexity index is 780. The molecule has 0 atom stereocenters. The maximum atomic E-state index is 12.0. The zero-order valence-electron chi connectivity index (χ0n) is 12.1. The maximum Gasteiger partial charge on any atom is 0.324 e. The molecule has 0 bridgehead atoms. The Morgan fingerprint density at radius 1 is 1.00 bits per heavy atom. The number of carbonyl (C=O) groups is 1. The van der Waals surface area contributed by atoms with Gasteiger partial charge in [0.25, 0.3) is 0 Å². The van der Waals surface area contributed by atoms with Crippen LogP contribution in [0.3, 0.4) is 0 Å². The van der Waals surface area contributed by atoms with Crippen molar-refractivity contribution in [3.05, 3.63) is 66.2 Å². The second kappa shape index (κ2) is 6.13. The molecule has 5 heteroatoms. The molecule has 0 unspecified atom stereocenters. The predicted molar refractivity (Wildman–Crippen MR) is 87.8 cm³/mol. The minimum atomic E-state index is -0.322. The van der Waals surface area contributed by atoms with Crippen LogP contribution in [0.25, 0.3) is 11.3 Å². The van der Waals surface area contributed by atoms with E-state index >= 15 is 0 Å². The van der Waals surface area contributed by atoms with Crippen molar-refractivity contribution >= 4 is 17.5 Å². The number of aromatic amines is 1. The van der Waals surface area contributed by atoms with Crippen molar-refractivity contribution in [1.82, 2.24) is 10.2 Å². The number of benzene rings is 2. The minimum Gasteiger partial charge on any atom is -0.308 e. The van der Waals surface area contributed by atoms with Gasteiger partial charge < -0.3 is 5.32 Å². The highest BCUT2D eigenvalue weighted by Gasteiger charge is 2.07. The number of nitrogens with zero attached hydrogens (tertiary/aromatic N) is 1. The van der Waals surface area contributed by atoms with Crippen molar-refractivity contribution in [2.45, 2.75) is 6.92 Å². The average Bonchev–Trinajstić information content (AvgIpc) is 2.96. The van der Waals surface area contributed by atoms with E-state index in [0.29, 0.717) is 5.82 Å². The summed E-state index contributed by atoms with van der Waals surface area (Å²) in [6.45, 7) is 1.98. The van der Waals surface area contributed by atoms with Gasteiger partial charge in [-0.15, -0.1) is 0 Å². The van der Waals surface area contributed by atoms with Gasteiger partial charge in [-0.25, -0.2) is 4.79 Å². The van der Waals surface area contributed by atoms with Gasteiger partial charge in [-0.1, -0.05) is 42.5 Å². The average molecular weight is 292 g/mol. The Hall–Kier alpha value is -3.08. The highest BCUT2D eigenvalue weighted by atomic mass is 16.2. The third kappa shape index (κ3) is 3.32. The predicted octanol–water partition coefficient (Wildman–Crippen LogP) is 4.03. The van der Waals surface area contributed by atoms with Gasteiger partial charge >= 0.3 is 6.03 Å². The lowest BCUT2D eigenvalue weighted by Gasteiger charge is -2.05. The van der Waals surface area contributed by atoms with E-state index in [-0.39, 0.29) is 6.03 Å². The molecule has 0 spiro atoms. The normalized spacial score (nSPS) is 10.2. The molecule has 2 amide bonds. The molecule has 3 N–H and O–H groups in total. The van der Waals surface area contributed by atoms with Gasteiger partial charge in [-0.3, -0.25) is 10.4 Å². The Balaban J connectivity index is 1.66. The Morgan fingerprint density at radius 2 is 1.82 bits per heavy atom. The first-order valence-electron chi connectivity index (χ1n) is 6.96. The Labute approximate surface area is 128 Å². The van der Waals surface area contributed by atoms with E-state index in [0.717, 1.165) is 22.5 Å². The summed E-state index contributed by atoms with van der Waals surface area (Å²) < 4.78 is 0. The van der Waals surface area contributed by atoms with Crippen molar-refractivity contribution in [3.63, 3.8) is 0 Å². The summed E-state index contributed by atoms with van der Waals surface area (Å²) in [5, 5.41) is 12.5. The van der Waals surface area contributed by atoms with Crippen LogP contribution >= 0.6 is 0 Å². The van der Waals surface area contributed by atoms with Gasteiger partial charge in [-0.05, 0) is 30.2 Å². The molecule has 0 aliphatic carbocycles. The molecule has 3 aromatic rings. The van der Waals surface area contributed by atoms with Crippen molar-refractivity contribution in [3.8, 4) is 11.3 Å². The fourth-order valence-electron chi connectivity index (χ4n) is 2.15. The molecule has 0 aliphatic rings. The van der Waals surface area contributed by atoms with Crippen molar-refractivity contribution in [1.29, 1.82) is 0 Å². The van der Waals surface area contributed by atoms with E-state index in [1.54, 1.807) is 6.07 Å². The first-order valence-corrected chi connectivity index (χ1v) is 6.96. The molecular formula is C17H16N4O. The number of H-pyrrole nitrogens is 1. The fourth-order valence-corrected chi connectivity index (χ4v) is 2.15. The monoisotopic (exact) mass is 292 g/mol. The van der Waals surface area contributed by atoms with Crippen LogP contribution < -0.4 is 10.6 Å². The van der Waals surface area contributed by atoms with E-state index in [1.165, 1.54) is 0 Å². The Morgan fingerprint density at radius 3 is 2.59 bits per heavy atom. The first-order chi connectivity index (χ1) is 10.7. The van der Waals surface area contributed by atoms with Crippen LogP contribution in [0.15, 0.2) is 60.7 Å². The second-order valence-electron chi connectivity index (χ2n) is 4.98. The fraction of sp³-hybridized carbons (Fsp3) is 0.0588. The highest BCUT2D eigenvalue weighted by Crippen LogP contribution is 2.19. The zero-order chi connectivity index (χ0) is 15.4. The standard InChI is InChI=1S/C17H16N4O/c1-12-6-5-9-14(10-12)18-17(22)19-16-11-15(20-21-16)13-7-3-2-4-8-13/h2-11H,1H3,(H3,18,19,20,21,22). The van der Waals surface area contributed by atoms with Gasteiger partial charge in [0.15, 0.2) is 5.82 Å². The molecule has 0 aliphatic heterocycles. The van der Waals surface area contributed by atoms with E-state index in [2.05, 4.69) is 20.8 Å². The molecule has 0 fully saturated rings. The second-order valence-corrected chi connectivity index (χ2v) is 4.98. The topological polar surface area (TPSA) is 69.8 Å². The van der Waals surface area contributed by atoms with Crippen molar-refractivity contribution in [2.24, 2.45) is 0 Å². The summed E-state index contributed by atoms with van der Waals surface area (Å²) in [6.07, 6.45) is 0. The molecule has 1 aromatic heterocycles. The number of anilines is 2. The molecule has 0 saturated heterocycles. The van der Waals surface area contributed by atoms with Crippen LogP contribution in [-0.2, 0) is 0 Å². The summed E-state index contributed by atoms with van der Waals surface area (Å²) in [4.78, 5) is 12.0. The summed E-state index contributed by atoms with van der Waals surface area (Å²) in [7, 11) is 0. The van der Waals surface area contributed by atoms with Crippen LogP contribution in [-0.4, -0.2) is 16.2 Å². The number of nitrogens with one attached hydrogen (secondary N) is 3. The van der Waals surface area contributed by atoms with Gasteiger partial charge in [0, 0.05) is 11.8 Å². The third-order valence-electron chi connectivity index (χ3n) is 3.18. The van der Waals surface area contributed by atoms with E-state index < -0.39 is 0 Å². The van der Waals surface area contributed by atoms with Crippen molar-refractivity contribution < 1.29 is 4.79 Å². The van der Waals surface area contributed by atoms with Gasteiger partial charge in [0.2, 0.25) is 0 Å². The molecule has 110 valence electrons. The van der Waals surface area contributed by atoms with Crippen LogP contribution in [0, 0.1) is 6.92 Å². The van der Waals surface area contributed by atoms with Crippen LogP contribution in [0.5, 0.6) is 0 Å². The van der Waals surface area contributed by atoms with E-state index in [9.17, 15) is 4.79 Å². The lowest BCUT2D eigenvalue weighted by atomic mass is 10.2. The van der Waals surface area contributed by atoms with Crippen LogP contribution in [0.1, 0.15) is 5.56 Å². The minimum absolute atomic E-state index is 0.322. The molecule has 0 radical (unpaired) electrons. The summed E-state index contributed by atoms with van der Waals surface area (Å²) in [5.41, 5.74) is 3.70. The number of hydrogen-bond donors (Lipinski definition) is 3.